The summed E-state index contributed by atoms with van der Waals surface area (Å²) in [4.78, 5) is 19.7. The molecule has 1 saturated heterocycles. The highest BCUT2D eigenvalue weighted by molar-refractivity contribution is 7.09. The summed E-state index contributed by atoms with van der Waals surface area (Å²) in [6, 6.07) is 7.70. The third-order valence-electron chi connectivity index (χ3n) is 3.35. The fourth-order valence-corrected chi connectivity index (χ4v) is 2.83. The van der Waals surface area contributed by atoms with Gasteiger partial charge in [0.25, 0.3) is 5.91 Å². The maximum Gasteiger partial charge on any atom is 0.253 e. The van der Waals surface area contributed by atoms with Gasteiger partial charge in [0.2, 0.25) is 0 Å². The number of pyridine rings is 1. The molecule has 1 fully saturated rings. The maximum absolute atomic E-state index is 12.0. The molecule has 1 aliphatic rings. The van der Waals surface area contributed by atoms with E-state index in [4.69, 9.17) is 4.74 Å². The lowest BCUT2D eigenvalue weighted by Crippen LogP contribution is -2.36. The molecule has 21 heavy (non-hydrogen) atoms. The third kappa shape index (κ3) is 3.59. The topological polar surface area (TPSA) is 54.5 Å². The van der Waals surface area contributed by atoms with Crippen LogP contribution < -0.4 is 10.2 Å². The zero-order chi connectivity index (χ0) is 14.5. The highest BCUT2D eigenvalue weighted by Crippen LogP contribution is 2.13. The summed E-state index contributed by atoms with van der Waals surface area (Å²) in [6.07, 6.45) is 1.63. The van der Waals surface area contributed by atoms with Crippen molar-refractivity contribution in [2.24, 2.45) is 0 Å². The van der Waals surface area contributed by atoms with E-state index in [1.165, 1.54) is 0 Å². The normalized spacial score (nSPS) is 15.0. The molecule has 0 bridgehead atoms. The highest BCUT2D eigenvalue weighted by atomic mass is 32.1. The van der Waals surface area contributed by atoms with E-state index < -0.39 is 0 Å². The predicted octanol–water partition coefficient (Wildman–Crippen LogP) is 1.91. The number of hydrogen-bond donors (Lipinski definition) is 1. The molecule has 1 amide bonds. The molecule has 5 nitrogen and oxygen atoms in total. The van der Waals surface area contributed by atoms with Gasteiger partial charge in [0.05, 0.1) is 25.3 Å². The number of ether oxygens (including phenoxy) is 1. The van der Waals surface area contributed by atoms with E-state index >= 15 is 0 Å². The number of carbonyl (C=O) groups excluding carboxylic acids is 1. The highest BCUT2D eigenvalue weighted by Gasteiger charge is 2.13. The van der Waals surface area contributed by atoms with Crippen LogP contribution in [-0.2, 0) is 11.3 Å². The summed E-state index contributed by atoms with van der Waals surface area (Å²) < 4.78 is 5.32. The molecule has 0 atom stereocenters. The minimum Gasteiger partial charge on any atom is -0.378 e. The number of hydrogen-bond acceptors (Lipinski definition) is 5. The fourth-order valence-electron chi connectivity index (χ4n) is 2.18. The van der Waals surface area contributed by atoms with E-state index in [-0.39, 0.29) is 5.91 Å². The molecule has 110 valence electrons. The van der Waals surface area contributed by atoms with E-state index in [9.17, 15) is 4.79 Å². The van der Waals surface area contributed by atoms with Crippen molar-refractivity contribution < 1.29 is 9.53 Å². The van der Waals surface area contributed by atoms with Crippen molar-refractivity contribution in [1.29, 1.82) is 0 Å². The molecule has 0 aliphatic carbocycles. The summed E-state index contributed by atoms with van der Waals surface area (Å²) in [5.74, 6) is 0.803. The summed E-state index contributed by atoms with van der Waals surface area (Å²) in [5.41, 5.74) is 0.587. The Morgan fingerprint density at radius 2 is 2.19 bits per heavy atom. The second-order valence-electron chi connectivity index (χ2n) is 4.77. The molecular weight excluding hydrogens is 286 g/mol. The first-order chi connectivity index (χ1) is 10.3. The van der Waals surface area contributed by atoms with Crippen molar-refractivity contribution in [3.63, 3.8) is 0 Å². The van der Waals surface area contributed by atoms with Gasteiger partial charge in [-0.1, -0.05) is 6.07 Å². The van der Waals surface area contributed by atoms with Crippen LogP contribution in [0.2, 0.25) is 0 Å². The first-order valence-electron chi connectivity index (χ1n) is 6.92. The number of rotatable bonds is 4. The van der Waals surface area contributed by atoms with E-state index in [0.717, 1.165) is 37.0 Å². The first kappa shape index (κ1) is 14.0. The Kier molecular flexibility index (Phi) is 4.47. The molecule has 2 aromatic heterocycles. The number of aromatic nitrogens is 1. The van der Waals surface area contributed by atoms with Crippen LogP contribution in [0.5, 0.6) is 0 Å². The zero-order valence-electron chi connectivity index (χ0n) is 11.6. The molecule has 3 rings (SSSR count). The van der Waals surface area contributed by atoms with E-state index in [1.807, 2.05) is 29.6 Å². The Labute approximate surface area is 127 Å². The standard InChI is InChI=1S/C15H17N3O2S/c19-15(17-11-13-2-1-9-21-13)12-3-4-14(16-10-12)18-5-7-20-8-6-18/h1-4,9-10H,5-8,11H2,(H,17,19). The van der Waals surface area contributed by atoms with Gasteiger partial charge < -0.3 is 15.0 Å². The molecule has 0 radical (unpaired) electrons. The van der Waals surface area contributed by atoms with E-state index in [0.29, 0.717) is 12.1 Å². The van der Waals surface area contributed by atoms with Crippen LogP contribution in [-0.4, -0.2) is 37.2 Å². The van der Waals surface area contributed by atoms with Crippen LogP contribution in [0.4, 0.5) is 5.82 Å². The van der Waals surface area contributed by atoms with Gasteiger partial charge in [0, 0.05) is 24.2 Å². The molecule has 0 unspecified atom stereocenters. The Morgan fingerprint density at radius 1 is 1.33 bits per heavy atom. The van der Waals surface area contributed by atoms with E-state index in [1.54, 1.807) is 17.5 Å². The van der Waals surface area contributed by atoms with Crippen molar-refractivity contribution in [1.82, 2.24) is 10.3 Å². The Hall–Kier alpha value is -1.92. The van der Waals surface area contributed by atoms with Crippen LogP contribution in [0.25, 0.3) is 0 Å². The van der Waals surface area contributed by atoms with Gasteiger partial charge in [0.1, 0.15) is 5.82 Å². The van der Waals surface area contributed by atoms with Crippen molar-refractivity contribution in [3.05, 3.63) is 46.3 Å². The molecule has 0 aromatic carbocycles. The number of morpholine rings is 1. The zero-order valence-corrected chi connectivity index (χ0v) is 12.4. The molecule has 6 heteroatoms. The van der Waals surface area contributed by atoms with Crippen LogP contribution in [0.3, 0.4) is 0 Å². The van der Waals surface area contributed by atoms with Crippen LogP contribution in [0, 0.1) is 0 Å². The number of carbonyl (C=O) groups is 1. The summed E-state index contributed by atoms with van der Waals surface area (Å²) in [5, 5.41) is 4.90. The summed E-state index contributed by atoms with van der Waals surface area (Å²) in [6.45, 7) is 3.70. The lowest BCUT2D eigenvalue weighted by molar-refractivity contribution is 0.0951. The van der Waals surface area contributed by atoms with Crippen molar-refractivity contribution in [2.45, 2.75) is 6.54 Å². The Morgan fingerprint density at radius 3 is 2.86 bits per heavy atom. The Bertz CT molecular complexity index is 577. The largest absolute Gasteiger partial charge is 0.378 e. The second-order valence-corrected chi connectivity index (χ2v) is 5.80. The molecule has 1 N–H and O–H groups in total. The van der Waals surface area contributed by atoms with E-state index in [2.05, 4.69) is 15.2 Å². The Balaban J connectivity index is 1.59. The van der Waals surface area contributed by atoms with Gasteiger partial charge in [-0.3, -0.25) is 4.79 Å². The van der Waals surface area contributed by atoms with Crippen molar-refractivity contribution in [2.75, 3.05) is 31.2 Å². The van der Waals surface area contributed by atoms with Crippen molar-refractivity contribution in [3.8, 4) is 0 Å². The number of amides is 1. The molecule has 0 spiro atoms. The van der Waals surface area contributed by atoms with Gasteiger partial charge in [-0.15, -0.1) is 11.3 Å². The van der Waals surface area contributed by atoms with Gasteiger partial charge in [-0.2, -0.15) is 0 Å². The van der Waals surface area contributed by atoms with Gasteiger partial charge in [-0.05, 0) is 23.6 Å². The molecular formula is C15H17N3O2S. The number of nitrogens with zero attached hydrogens (tertiary/aromatic N) is 2. The molecule has 0 saturated carbocycles. The van der Waals surface area contributed by atoms with Crippen LogP contribution >= 0.6 is 11.3 Å². The number of nitrogens with one attached hydrogen (secondary N) is 1. The molecule has 2 aromatic rings. The average molecular weight is 303 g/mol. The SMILES string of the molecule is O=C(NCc1cccs1)c1ccc(N2CCOCC2)nc1. The third-order valence-corrected chi connectivity index (χ3v) is 4.22. The monoisotopic (exact) mass is 303 g/mol. The minimum atomic E-state index is -0.0931. The molecule has 3 heterocycles. The van der Waals surface area contributed by atoms with Gasteiger partial charge in [0.15, 0.2) is 0 Å². The first-order valence-corrected chi connectivity index (χ1v) is 7.80. The summed E-state index contributed by atoms with van der Waals surface area (Å²) in [7, 11) is 0. The molecule has 1 aliphatic heterocycles. The van der Waals surface area contributed by atoms with Crippen LogP contribution in [0.15, 0.2) is 35.8 Å². The smallest absolute Gasteiger partial charge is 0.253 e. The fraction of sp³-hybridized carbons (Fsp3) is 0.333. The number of anilines is 1. The summed E-state index contributed by atoms with van der Waals surface area (Å²) >= 11 is 1.63. The minimum absolute atomic E-state index is 0.0931. The quantitative estimate of drug-likeness (QED) is 0.937. The maximum atomic E-state index is 12.0. The van der Waals surface area contributed by atoms with Crippen molar-refractivity contribution >= 4 is 23.1 Å². The van der Waals surface area contributed by atoms with Gasteiger partial charge in [-0.25, -0.2) is 4.98 Å². The average Bonchev–Trinajstić information content (AvgIpc) is 3.07. The lowest BCUT2D eigenvalue weighted by Gasteiger charge is -2.27. The number of thiophene rings is 1. The predicted molar refractivity (Wildman–Crippen MR) is 82.8 cm³/mol. The van der Waals surface area contributed by atoms with Gasteiger partial charge >= 0.3 is 0 Å². The lowest BCUT2D eigenvalue weighted by atomic mass is 10.2. The van der Waals surface area contributed by atoms with Crippen LogP contribution in [0.1, 0.15) is 15.2 Å². The second kappa shape index (κ2) is 6.69.